The van der Waals surface area contributed by atoms with Gasteiger partial charge in [0.15, 0.2) is 0 Å². The molecule has 40 heavy (non-hydrogen) atoms. The fourth-order valence-electron chi connectivity index (χ4n) is 4.91. The van der Waals surface area contributed by atoms with Crippen LogP contribution in [0, 0.1) is 0 Å². The van der Waals surface area contributed by atoms with Crippen molar-refractivity contribution in [3.05, 3.63) is 126 Å². The number of ether oxygens (including phenoxy) is 1. The van der Waals surface area contributed by atoms with Gasteiger partial charge in [-0.05, 0) is 47.5 Å². The first-order valence-electron chi connectivity index (χ1n) is 13.1. The summed E-state index contributed by atoms with van der Waals surface area (Å²) in [5.74, 6) is 0.693. The predicted octanol–water partition coefficient (Wildman–Crippen LogP) is 5.56. The number of hydrogen-bond donors (Lipinski definition) is 2. The van der Waals surface area contributed by atoms with E-state index in [0.29, 0.717) is 25.6 Å². The first-order valence-corrected chi connectivity index (χ1v) is 13.1. The van der Waals surface area contributed by atoms with Crippen molar-refractivity contribution in [3.63, 3.8) is 0 Å². The second-order valence-corrected chi connectivity index (χ2v) is 9.52. The molecule has 0 fully saturated rings. The number of rotatable bonds is 6. The summed E-state index contributed by atoms with van der Waals surface area (Å²) in [7, 11) is 0. The Bertz CT molecular complexity index is 1830. The zero-order chi connectivity index (χ0) is 26.7. The van der Waals surface area contributed by atoms with Gasteiger partial charge in [-0.1, -0.05) is 36.4 Å². The highest BCUT2D eigenvalue weighted by Gasteiger charge is 2.20. The van der Waals surface area contributed by atoms with Crippen molar-refractivity contribution in [2.45, 2.75) is 13.2 Å². The molecule has 1 aliphatic rings. The summed E-state index contributed by atoms with van der Waals surface area (Å²) >= 11 is 0. The highest BCUT2D eigenvalue weighted by molar-refractivity contribution is 6.15. The van der Waals surface area contributed by atoms with Gasteiger partial charge >= 0.3 is 0 Å². The van der Waals surface area contributed by atoms with Crippen LogP contribution in [0.15, 0.2) is 109 Å². The summed E-state index contributed by atoms with van der Waals surface area (Å²) in [5.41, 5.74) is 9.31. The van der Waals surface area contributed by atoms with Crippen LogP contribution in [-0.2, 0) is 13.2 Å². The number of aromatic nitrogens is 5. The topological polar surface area (TPSA) is 101 Å². The molecule has 0 amide bonds. The van der Waals surface area contributed by atoms with E-state index in [9.17, 15) is 0 Å². The molecule has 0 atom stereocenters. The molecule has 0 bridgehead atoms. The second-order valence-electron chi connectivity index (χ2n) is 9.52. The smallest absolute Gasteiger partial charge is 0.138 e. The normalized spacial score (nSPS) is 12.9. The number of H-pyrrole nitrogens is 1. The molecule has 2 N–H and O–H groups in total. The predicted molar refractivity (Wildman–Crippen MR) is 155 cm³/mol. The summed E-state index contributed by atoms with van der Waals surface area (Å²) in [6.45, 7) is 1.65. The number of benzene rings is 1. The van der Waals surface area contributed by atoms with Gasteiger partial charge in [0.05, 0.1) is 41.4 Å². The lowest BCUT2D eigenvalue weighted by Gasteiger charge is -2.11. The van der Waals surface area contributed by atoms with Gasteiger partial charge in [-0.25, -0.2) is 0 Å². The zero-order valence-corrected chi connectivity index (χ0v) is 21.6. The molecule has 6 aromatic rings. The Morgan fingerprint density at radius 1 is 0.800 bits per heavy atom. The Morgan fingerprint density at radius 2 is 1.73 bits per heavy atom. The molecule has 6 heterocycles. The van der Waals surface area contributed by atoms with Crippen LogP contribution in [0.1, 0.15) is 22.4 Å². The van der Waals surface area contributed by atoms with Gasteiger partial charge in [-0.15, -0.1) is 0 Å². The Morgan fingerprint density at radius 3 is 2.62 bits per heavy atom. The van der Waals surface area contributed by atoms with E-state index in [0.717, 1.165) is 61.6 Å². The van der Waals surface area contributed by atoms with Gasteiger partial charge in [0, 0.05) is 53.4 Å². The Hall–Kier alpha value is -5.21. The molecule has 8 nitrogen and oxygen atoms in total. The molecule has 5 aromatic heterocycles. The van der Waals surface area contributed by atoms with E-state index in [1.165, 1.54) is 0 Å². The maximum Gasteiger partial charge on any atom is 0.138 e. The third-order valence-corrected chi connectivity index (χ3v) is 6.87. The highest BCUT2D eigenvalue weighted by Crippen LogP contribution is 2.29. The third-order valence-electron chi connectivity index (χ3n) is 6.87. The van der Waals surface area contributed by atoms with Gasteiger partial charge in [0.25, 0.3) is 0 Å². The monoisotopic (exact) mass is 523 g/mol. The molecule has 0 saturated carbocycles. The van der Waals surface area contributed by atoms with Crippen molar-refractivity contribution in [2.75, 3.05) is 6.67 Å². The Labute approximate surface area is 230 Å². The third kappa shape index (κ3) is 4.72. The molecule has 1 aliphatic heterocycles. The van der Waals surface area contributed by atoms with Crippen LogP contribution < -0.4 is 10.1 Å². The van der Waals surface area contributed by atoms with Gasteiger partial charge in [-0.2, -0.15) is 0 Å². The Kier molecular flexibility index (Phi) is 6.27. The molecule has 0 aliphatic carbocycles. The van der Waals surface area contributed by atoms with E-state index in [2.05, 4.69) is 37.4 Å². The fourth-order valence-corrected chi connectivity index (χ4v) is 4.91. The number of fused-ring (bicyclic) bond motifs is 2. The van der Waals surface area contributed by atoms with Crippen molar-refractivity contribution in [1.82, 2.24) is 30.2 Å². The number of pyridine rings is 4. The average Bonchev–Trinajstić information content (AvgIpc) is 3.34. The molecule has 0 saturated heterocycles. The quantitative estimate of drug-likeness (QED) is 0.297. The van der Waals surface area contributed by atoms with Crippen molar-refractivity contribution < 1.29 is 4.74 Å². The van der Waals surface area contributed by atoms with Crippen LogP contribution in [0.4, 0.5) is 0 Å². The summed E-state index contributed by atoms with van der Waals surface area (Å²) in [5, 5.41) is 4.38. The minimum Gasteiger partial charge on any atom is -0.487 e. The lowest BCUT2D eigenvalue weighted by atomic mass is 10.00. The maximum atomic E-state index is 6.02. The van der Waals surface area contributed by atoms with Gasteiger partial charge in [-0.3, -0.25) is 30.2 Å². The number of aromatic amines is 1. The van der Waals surface area contributed by atoms with Crippen LogP contribution in [-0.4, -0.2) is 37.3 Å². The second kappa shape index (κ2) is 10.5. The molecule has 0 spiro atoms. The molecule has 7 rings (SSSR count). The van der Waals surface area contributed by atoms with E-state index in [-0.39, 0.29) is 0 Å². The summed E-state index contributed by atoms with van der Waals surface area (Å²) in [6, 6.07) is 24.1. The molecular weight excluding hydrogens is 498 g/mol. The molecule has 1 aromatic carbocycles. The lowest BCUT2D eigenvalue weighted by Crippen LogP contribution is -2.11. The number of hydrogen-bond acceptors (Lipinski definition) is 7. The van der Waals surface area contributed by atoms with Gasteiger partial charge in [0.2, 0.25) is 0 Å². The van der Waals surface area contributed by atoms with Crippen LogP contribution >= 0.6 is 0 Å². The van der Waals surface area contributed by atoms with Crippen LogP contribution in [0.2, 0.25) is 0 Å². The molecule has 8 heteroatoms. The average molecular weight is 524 g/mol. The standard InChI is InChI=1S/C32H25N7O/c1-2-6-21(7-3-1)19-40-24-12-22(15-33-18-24)29-13-25-23(17-37-29)16-34-20-38-31(25)30-14-26-27(39-30)9-11-36-32(26)28-8-4-5-10-35-28/h1-15,17-18,34,39H,16,19-20H2. The highest BCUT2D eigenvalue weighted by atomic mass is 16.5. The van der Waals surface area contributed by atoms with Gasteiger partial charge in [0.1, 0.15) is 12.4 Å². The van der Waals surface area contributed by atoms with Crippen molar-refractivity contribution in [3.8, 4) is 28.4 Å². The fraction of sp³-hybridized carbons (Fsp3) is 0.0938. The number of nitrogens with one attached hydrogen (secondary N) is 2. The first kappa shape index (κ1) is 23.9. The molecule has 0 radical (unpaired) electrons. The lowest BCUT2D eigenvalue weighted by molar-refractivity contribution is 0.305. The van der Waals surface area contributed by atoms with Crippen molar-refractivity contribution >= 4 is 16.6 Å². The zero-order valence-electron chi connectivity index (χ0n) is 21.6. The van der Waals surface area contributed by atoms with Crippen LogP contribution in [0.3, 0.4) is 0 Å². The number of aliphatic imine (C=N–C) groups is 1. The summed E-state index contributed by atoms with van der Waals surface area (Å²) in [6.07, 6.45) is 9.04. The first-order chi connectivity index (χ1) is 19.8. The minimum atomic E-state index is 0.474. The number of nitrogens with zero attached hydrogens (tertiary/aromatic N) is 5. The molecule has 0 unspecified atom stereocenters. The minimum absolute atomic E-state index is 0.474. The summed E-state index contributed by atoms with van der Waals surface area (Å²) in [4.78, 5) is 26.8. The van der Waals surface area contributed by atoms with E-state index in [1.54, 1.807) is 18.6 Å². The SMILES string of the molecule is c1ccc(COc2cncc(-c3cc4c(cn3)CNCN=C4c3cc4c(-c5ccccn5)nccc4[nH]3)c2)cc1. The maximum absolute atomic E-state index is 6.02. The van der Waals surface area contributed by atoms with Crippen LogP contribution in [0.25, 0.3) is 33.5 Å². The molecular formula is C32H25N7O. The van der Waals surface area contributed by atoms with E-state index >= 15 is 0 Å². The van der Waals surface area contributed by atoms with E-state index < -0.39 is 0 Å². The van der Waals surface area contributed by atoms with E-state index in [4.69, 9.17) is 14.7 Å². The van der Waals surface area contributed by atoms with Crippen molar-refractivity contribution in [2.24, 2.45) is 4.99 Å². The Balaban J connectivity index is 1.24. The molecule has 194 valence electrons. The largest absolute Gasteiger partial charge is 0.487 e. The van der Waals surface area contributed by atoms with Crippen molar-refractivity contribution in [1.29, 1.82) is 0 Å². The van der Waals surface area contributed by atoms with Gasteiger partial charge < -0.3 is 9.72 Å². The summed E-state index contributed by atoms with van der Waals surface area (Å²) < 4.78 is 6.02. The van der Waals surface area contributed by atoms with E-state index in [1.807, 2.05) is 73.1 Å². The van der Waals surface area contributed by atoms with Crippen LogP contribution in [0.5, 0.6) is 5.75 Å².